The van der Waals surface area contributed by atoms with Crippen LogP contribution in [-0.4, -0.2) is 50.0 Å². The first-order chi connectivity index (χ1) is 17.5. The minimum Gasteiger partial charge on any atom is -0.396 e. The number of aliphatic hydroxyl groups excluding tert-OH is 1. The Labute approximate surface area is 209 Å². The quantitative estimate of drug-likeness (QED) is 0.295. The van der Waals surface area contributed by atoms with E-state index in [0.29, 0.717) is 24.2 Å². The zero-order valence-corrected chi connectivity index (χ0v) is 20.6. The smallest absolute Gasteiger partial charge is 0.233 e. The van der Waals surface area contributed by atoms with Crippen molar-refractivity contribution in [1.82, 2.24) is 24.1 Å². The molecular weight excluding hydrogens is 476 g/mol. The van der Waals surface area contributed by atoms with E-state index in [1.54, 1.807) is 21.5 Å². The van der Waals surface area contributed by atoms with Crippen molar-refractivity contribution in [2.45, 2.75) is 12.8 Å². The van der Waals surface area contributed by atoms with Gasteiger partial charge in [0.05, 0.1) is 5.75 Å². The van der Waals surface area contributed by atoms with Crippen LogP contribution in [0.1, 0.15) is 12.8 Å². The van der Waals surface area contributed by atoms with E-state index in [9.17, 15) is 8.42 Å². The van der Waals surface area contributed by atoms with E-state index in [0.717, 1.165) is 22.3 Å². The fourth-order valence-corrected chi connectivity index (χ4v) is 5.29. The Morgan fingerprint density at radius 2 is 1.67 bits per heavy atom. The molecule has 0 fully saturated rings. The fourth-order valence-electron chi connectivity index (χ4n) is 4.17. The summed E-state index contributed by atoms with van der Waals surface area (Å²) in [5.74, 6) is 0.841. The molecule has 0 spiro atoms. The zero-order valence-electron chi connectivity index (χ0n) is 19.7. The summed E-state index contributed by atoms with van der Waals surface area (Å²) >= 11 is 0. The number of unbranched alkanes of at least 4 members (excludes halogenated alkanes) is 1. The maximum atomic E-state index is 13.0. The molecule has 3 aromatic heterocycles. The lowest BCUT2D eigenvalue weighted by molar-refractivity contribution is 0.287. The van der Waals surface area contributed by atoms with Gasteiger partial charge in [-0.15, -0.1) is 5.10 Å². The molecule has 0 bridgehead atoms. The van der Waals surface area contributed by atoms with Crippen LogP contribution in [0.4, 0.5) is 5.82 Å². The highest BCUT2D eigenvalue weighted by molar-refractivity contribution is 7.92. The van der Waals surface area contributed by atoms with E-state index >= 15 is 0 Å². The second-order valence-electron chi connectivity index (χ2n) is 8.44. The molecule has 0 amide bonds. The molecule has 10 heteroatoms. The Hall–Kier alpha value is -4.02. The van der Waals surface area contributed by atoms with Crippen molar-refractivity contribution in [1.29, 1.82) is 0 Å². The molecule has 0 radical (unpaired) electrons. The second-order valence-corrected chi connectivity index (χ2v) is 10.3. The van der Waals surface area contributed by atoms with E-state index in [4.69, 9.17) is 10.2 Å². The fraction of sp³-hybridized carbons (Fsp3) is 0.192. The van der Waals surface area contributed by atoms with Crippen molar-refractivity contribution < 1.29 is 13.5 Å². The first kappa shape index (κ1) is 23.7. The summed E-state index contributed by atoms with van der Waals surface area (Å²) < 4.78 is 32.2. The number of sulfonamides is 1. The lowest BCUT2D eigenvalue weighted by Gasteiger charge is -2.12. The Bertz CT molecular complexity index is 1600. The van der Waals surface area contributed by atoms with E-state index < -0.39 is 10.0 Å². The molecular formula is C26H26N6O3S. The van der Waals surface area contributed by atoms with Gasteiger partial charge in [-0.2, -0.15) is 0 Å². The Balaban J connectivity index is 1.78. The molecule has 5 rings (SSSR count). The van der Waals surface area contributed by atoms with Gasteiger partial charge in [0, 0.05) is 43.4 Å². The SMILES string of the molecule is Cn1ccnc1-c1nc(NS(=O)(=O)CCCCO)c2c(-c3ccccc3)c(-c3ccccc3)cn2n1. The van der Waals surface area contributed by atoms with Gasteiger partial charge < -0.3 is 9.67 Å². The minimum atomic E-state index is -3.74. The lowest BCUT2D eigenvalue weighted by atomic mass is 9.98. The summed E-state index contributed by atoms with van der Waals surface area (Å²) in [5.41, 5.74) is 4.14. The predicted octanol–water partition coefficient (Wildman–Crippen LogP) is 3.98. The molecule has 0 aliphatic heterocycles. The second kappa shape index (κ2) is 9.92. The van der Waals surface area contributed by atoms with Gasteiger partial charge in [-0.1, -0.05) is 60.7 Å². The summed E-state index contributed by atoms with van der Waals surface area (Å²) in [7, 11) is -1.91. The molecule has 184 valence electrons. The summed E-state index contributed by atoms with van der Waals surface area (Å²) in [6.45, 7) is -0.0616. The predicted molar refractivity (Wildman–Crippen MR) is 140 cm³/mol. The highest BCUT2D eigenvalue weighted by Gasteiger charge is 2.24. The van der Waals surface area contributed by atoms with E-state index in [1.807, 2.05) is 73.9 Å². The van der Waals surface area contributed by atoms with Crippen molar-refractivity contribution >= 4 is 21.4 Å². The number of rotatable bonds is 9. The van der Waals surface area contributed by atoms with Crippen LogP contribution in [0.15, 0.2) is 79.3 Å². The van der Waals surface area contributed by atoms with Crippen LogP contribution >= 0.6 is 0 Å². The molecule has 2 N–H and O–H groups in total. The largest absolute Gasteiger partial charge is 0.396 e. The number of aliphatic hydroxyl groups is 1. The molecule has 36 heavy (non-hydrogen) atoms. The summed E-state index contributed by atoms with van der Waals surface area (Å²) in [5, 5.41) is 13.8. The summed E-state index contributed by atoms with van der Waals surface area (Å²) in [6, 6.07) is 19.7. The third-order valence-corrected chi connectivity index (χ3v) is 7.20. The normalized spacial score (nSPS) is 11.7. The lowest BCUT2D eigenvalue weighted by Crippen LogP contribution is -2.19. The van der Waals surface area contributed by atoms with Crippen molar-refractivity contribution in [2.24, 2.45) is 7.05 Å². The molecule has 0 saturated heterocycles. The number of aryl methyl sites for hydroxylation is 1. The first-order valence-corrected chi connectivity index (χ1v) is 13.3. The molecule has 3 heterocycles. The van der Waals surface area contributed by atoms with Crippen LogP contribution in [0.5, 0.6) is 0 Å². The average molecular weight is 503 g/mol. The van der Waals surface area contributed by atoms with Crippen molar-refractivity contribution in [2.75, 3.05) is 17.1 Å². The Kier molecular flexibility index (Phi) is 6.53. The maximum absolute atomic E-state index is 13.0. The number of anilines is 1. The van der Waals surface area contributed by atoms with Gasteiger partial charge in [-0.25, -0.2) is 22.9 Å². The molecule has 0 aliphatic carbocycles. The van der Waals surface area contributed by atoms with Crippen LogP contribution in [0, 0.1) is 0 Å². The Morgan fingerprint density at radius 1 is 0.972 bits per heavy atom. The maximum Gasteiger partial charge on any atom is 0.233 e. The molecule has 0 unspecified atom stereocenters. The molecule has 2 aromatic carbocycles. The molecule has 0 aliphatic rings. The van der Waals surface area contributed by atoms with Crippen LogP contribution in [0.2, 0.25) is 0 Å². The van der Waals surface area contributed by atoms with Gasteiger partial charge >= 0.3 is 0 Å². The number of benzene rings is 2. The number of hydrogen-bond acceptors (Lipinski definition) is 6. The summed E-state index contributed by atoms with van der Waals surface area (Å²) in [4.78, 5) is 9.01. The molecule has 9 nitrogen and oxygen atoms in total. The third-order valence-electron chi connectivity index (χ3n) is 5.87. The van der Waals surface area contributed by atoms with Crippen LogP contribution in [0.3, 0.4) is 0 Å². The van der Waals surface area contributed by atoms with Crippen molar-refractivity contribution in [3.8, 4) is 33.9 Å². The van der Waals surface area contributed by atoms with E-state index in [1.165, 1.54) is 0 Å². The summed E-state index contributed by atoms with van der Waals surface area (Å²) in [6.07, 6.45) is 6.05. The van der Waals surface area contributed by atoms with Crippen LogP contribution in [-0.2, 0) is 17.1 Å². The van der Waals surface area contributed by atoms with Gasteiger partial charge in [0.1, 0.15) is 5.52 Å². The number of hydrogen-bond donors (Lipinski definition) is 2. The van der Waals surface area contributed by atoms with E-state index in [2.05, 4.69) is 14.7 Å². The van der Waals surface area contributed by atoms with Crippen LogP contribution in [0.25, 0.3) is 39.4 Å². The van der Waals surface area contributed by atoms with Gasteiger partial charge in [-0.05, 0) is 24.0 Å². The topological polar surface area (TPSA) is 114 Å². The molecule has 0 atom stereocenters. The monoisotopic (exact) mass is 502 g/mol. The minimum absolute atomic E-state index is 0.0616. The van der Waals surface area contributed by atoms with Crippen LogP contribution < -0.4 is 4.72 Å². The third kappa shape index (κ3) is 4.73. The van der Waals surface area contributed by atoms with Crippen molar-refractivity contribution in [3.63, 3.8) is 0 Å². The Morgan fingerprint density at radius 3 is 2.31 bits per heavy atom. The molecule has 0 saturated carbocycles. The van der Waals surface area contributed by atoms with Gasteiger partial charge in [0.25, 0.3) is 0 Å². The standard InChI is InChI=1S/C26H26N6O3S/c1-31-15-14-27-26(31)25-28-24(30-36(34,35)17-9-8-16-33)23-22(20-12-6-3-7-13-20)21(18-32(23)29-25)19-10-4-2-5-11-19/h2-7,10-15,18,33H,8-9,16-17H2,1H3,(H,28,29,30). The number of nitrogens with zero attached hydrogens (tertiary/aromatic N) is 5. The average Bonchev–Trinajstić information content (AvgIpc) is 3.48. The number of nitrogens with one attached hydrogen (secondary N) is 1. The first-order valence-electron chi connectivity index (χ1n) is 11.6. The molecule has 5 aromatic rings. The van der Waals surface area contributed by atoms with Crippen molar-refractivity contribution in [3.05, 3.63) is 79.3 Å². The van der Waals surface area contributed by atoms with Gasteiger partial charge in [0.15, 0.2) is 11.6 Å². The highest BCUT2D eigenvalue weighted by Crippen LogP contribution is 2.40. The zero-order chi connectivity index (χ0) is 25.1. The van der Waals surface area contributed by atoms with Gasteiger partial charge in [-0.3, -0.25) is 4.72 Å². The number of fused-ring (bicyclic) bond motifs is 1. The van der Waals surface area contributed by atoms with E-state index in [-0.39, 0.29) is 24.0 Å². The number of imidazole rings is 1. The highest BCUT2D eigenvalue weighted by atomic mass is 32.2. The van der Waals surface area contributed by atoms with Gasteiger partial charge in [0.2, 0.25) is 15.8 Å². The number of aromatic nitrogens is 5.